The first-order valence-corrected chi connectivity index (χ1v) is 10.2. The van der Waals surface area contributed by atoms with Crippen LogP contribution < -0.4 is 5.32 Å². The van der Waals surface area contributed by atoms with Crippen LogP contribution in [0.25, 0.3) is 11.3 Å². The topological polar surface area (TPSA) is 87.3 Å². The molecule has 1 aromatic carbocycles. The lowest BCUT2D eigenvalue weighted by atomic mass is 10.0. The predicted octanol–water partition coefficient (Wildman–Crippen LogP) is 4.05. The van der Waals surface area contributed by atoms with E-state index in [0.717, 1.165) is 21.3 Å². The molecule has 2 atom stereocenters. The van der Waals surface area contributed by atoms with E-state index in [-0.39, 0.29) is 17.9 Å². The second kappa shape index (κ2) is 8.82. The van der Waals surface area contributed by atoms with Gasteiger partial charge in [0.15, 0.2) is 0 Å². The summed E-state index contributed by atoms with van der Waals surface area (Å²) < 4.78 is 5.68. The Kier molecular flexibility index (Phi) is 6.42. The zero-order valence-corrected chi connectivity index (χ0v) is 18.3. The number of nitrogens with zero attached hydrogens (tertiary/aromatic N) is 2. The molecule has 1 aliphatic rings. The highest BCUT2D eigenvalue weighted by molar-refractivity contribution is 9.10. The lowest BCUT2D eigenvalue weighted by Gasteiger charge is -2.29. The summed E-state index contributed by atoms with van der Waals surface area (Å²) in [5.74, 6) is 0.442. The molecule has 2 unspecified atom stereocenters. The van der Waals surface area contributed by atoms with Crippen LogP contribution in [0.4, 0.5) is 4.79 Å². The number of nitrogens with one attached hydrogen (secondary N) is 2. The van der Waals surface area contributed by atoms with E-state index in [1.54, 1.807) is 11.1 Å². The van der Waals surface area contributed by atoms with Crippen molar-refractivity contribution in [3.8, 4) is 11.3 Å². The van der Waals surface area contributed by atoms with Crippen molar-refractivity contribution in [2.75, 3.05) is 13.7 Å². The van der Waals surface area contributed by atoms with Crippen LogP contribution in [0.3, 0.4) is 0 Å². The largest absolute Gasteiger partial charge is 0.453 e. The number of benzene rings is 1. The Balaban J connectivity index is 1.84. The molecular weight excluding hydrogens is 436 g/mol. The van der Waals surface area contributed by atoms with Gasteiger partial charge in [0.1, 0.15) is 11.9 Å². The van der Waals surface area contributed by atoms with Gasteiger partial charge in [0, 0.05) is 11.0 Å². The maximum absolute atomic E-state index is 13.2. The summed E-state index contributed by atoms with van der Waals surface area (Å²) in [5.41, 5.74) is 2.84. The Morgan fingerprint density at radius 2 is 2.03 bits per heavy atom. The quantitative estimate of drug-likeness (QED) is 0.658. The average molecular weight is 461 g/mol. The molecule has 1 aliphatic heterocycles. The zero-order valence-electron chi connectivity index (χ0n) is 16.7. The highest BCUT2D eigenvalue weighted by atomic mass is 79.9. The Morgan fingerprint density at radius 3 is 2.66 bits per heavy atom. The molecule has 154 valence electrons. The number of ether oxygens (including phenoxy) is 1. The van der Waals surface area contributed by atoms with Gasteiger partial charge in [0.25, 0.3) is 0 Å². The van der Waals surface area contributed by atoms with Crippen molar-refractivity contribution in [2.24, 2.45) is 5.92 Å². The van der Waals surface area contributed by atoms with Crippen molar-refractivity contribution in [1.29, 1.82) is 0 Å². The fourth-order valence-electron chi connectivity index (χ4n) is 3.44. The normalized spacial score (nSPS) is 17.5. The number of imidazole rings is 1. The molecule has 0 aliphatic carbocycles. The lowest BCUT2D eigenvalue weighted by molar-refractivity contribution is -0.135. The van der Waals surface area contributed by atoms with E-state index in [2.05, 4.69) is 42.5 Å². The van der Waals surface area contributed by atoms with E-state index in [1.165, 1.54) is 7.11 Å². The fourth-order valence-corrected chi connectivity index (χ4v) is 3.70. The Hall–Kier alpha value is -2.61. The van der Waals surface area contributed by atoms with Crippen molar-refractivity contribution < 1.29 is 14.3 Å². The highest BCUT2D eigenvalue weighted by Gasteiger charge is 2.38. The highest BCUT2D eigenvalue weighted by Crippen LogP contribution is 2.35. The number of carbonyl (C=O) groups excluding carboxylic acids is 2. The van der Waals surface area contributed by atoms with Gasteiger partial charge in [-0.05, 0) is 30.0 Å². The van der Waals surface area contributed by atoms with Crippen LogP contribution in [0.2, 0.25) is 0 Å². The molecule has 7 nitrogen and oxygen atoms in total. The van der Waals surface area contributed by atoms with Gasteiger partial charge in [0.05, 0.1) is 25.0 Å². The number of hydrogen-bond acceptors (Lipinski definition) is 4. The smallest absolute Gasteiger partial charge is 0.407 e. The number of methoxy groups -OCH3 is 1. The van der Waals surface area contributed by atoms with Gasteiger partial charge >= 0.3 is 6.09 Å². The Bertz CT molecular complexity index is 907. The summed E-state index contributed by atoms with van der Waals surface area (Å²) in [4.78, 5) is 34.6. The van der Waals surface area contributed by atoms with Crippen molar-refractivity contribution in [2.45, 2.75) is 32.4 Å². The van der Waals surface area contributed by atoms with Gasteiger partial charge in [-0.3, -0.25) is 4.79 Å². The van der Waals surface area contributed by atoms with Gasteiger partial charge in [0.2, 0.25) is 5.91 Å². The monoisotopic (exact) mass is 460 g/mol. The van der Waals surface area contributed by atoms with Gasteiger partial charge in [-0.1, -0.05) is 54.1 Å². The van der Waals surface area contributed by atoms with E-state index in [1.807, 2.05) is 38.1 Å². The summed E-state index contributed by atoms with van der Waals surface area (Å²) in [6, 6.07) is 6.99. The number of aromatic nitrogens is 2. The first-order chi connectivity index (χ1) is 13.8. The number of H-pyrrole nitrogens is 1. The minimum atomic E-state index is -0.684. The third-order valence-corrected chi connectivity index (χ3v) is 5.52. The van der Waals surface area contributed by atoms with Crippen LogP contribution in [0, 0.1) is 5.92 Å². The van der Waals surface area contributed by atoms with E-state index in [9.17, 15) is 9.59 Å². The third-order valence-electron chi connectivity index (χ3n) is 4.99. The first-order valence-electron chi connectivity index (χ1n) is 9.42. The molecule has 0 radical (unpaired) electrons. The average Bonchev–Trinajstić information content (AvgIpc) is 3.32. The Labute approximate surface area is 178 Å². The van der Waals surface area contributed by atoms with Crippen LogP contribution in [-0.2, 0) is 9.53 Å². The van der Waals surface area contributed by atoms with E-state index < -0.39 is 12.1 Å². The van der Waals surface area contributed by atoms with Gasteiger partial charge in [-0.15, -0.1) is 0 Å². The third kappa shape index (κ3) is 4.70. The minimum absolute atomic E-state index is 0.0916. The fraction of sp³-hybridized carbons (Fsp3) is 0.381. The summed E-state index contributed by atoms with van der Waals surface area (Å²) >= 11 is 3.44. The van der Waals surface area contributed by atoms with Crippen LogP contribution in [0.1, 0.15) is 32.1 Å². The van der Waals surface area contributed by atoms with Crippen molar-refractivity contribution in [1.82, 2.24) is 20.2 Å². The number of amides is 2. The molecule has 0 spiro atoms. The number of rotatable bonds is 5. The van der Waals surface area contributed by atoms with Crippen LogP contribution >= 0.6 is 15.9 Å². The molecule has 2 N–H and O–H groups in total. The number of aromatic amines is 1. The van der Waals surface area contributed by atoms with Crippen molar-refractivity contribution in [3.63, 3.8) is 0 Å². The summed E-state index contributed by atoms with van der Waals surface area (Å²) in [5, 5.41) is 2.65. The zero-order chi connectivity index (χ0) is 21.1. The number of alkyl carbamates (subject to hydrolysis) is 1. The molecule has 1 aromatic heterocycles. The standard InChI is InChI=1S/C21H25BrN4O3/c1-12(2)18(25-21(28)29-4)20(27)26-11-13(3)9-17(26)19-23-10-16(24-19)14-5-7-15(22)8-6-14/h5-8,10,12,17-18H,3,9,11H2,1-2,4H3,(H,23,24)(H,25,28). The molecule has 2 amide bonds. The molecule has 3 rings (SSSR count). The van der Waals surface area contributed by atoms with E-state index in [4.69, 9.17) is 0 Å². The Morgan fingerprint density at radius 1 is 1.34 bits per heavy atom. The van der Waals surface area contributed by atoms with Gasteiger partial charge in [-0.2, -0.15) is 0 Å². The van der Waals surface area contributed by atoms with Crippen LogP contribution in [-0.4, -0.2) is 46.6 Å². The minimum Gasteiger partial charge on any atom is -0.453 e. The maximum atomic E-state index is 13.2. The van der Waals surface area contributed by atoms with Gasteiger partial charge < -0.3 is 19.9 Å². The second-order valence-electron chi connectivity index (χ2n) is 7.48. The summed E-state index contributed by atoms with van der Waals surface area (Å²) in [6.45, 7) is 8.27. The number of carbonyl (C=O) groups is 2. The molecule has 2 aromatic rings. The van der Waals surface area contributed by atoms with E-state index >= 15 is 0 Å². The van der Waals surface area contributed by atoms with Crippen molar-refractivity contribution >= 4 is 27.9 Å². The summed E-state index contributed by atoms with van der Waals surface area (Å²) in [7, 11) is 1.28. The van der Waals surface area contributed by atoms with E-state index in [0.29, 0.717) is 18.8 Å². The van der Waals surface area contributed by atoms with Crippen molar-refractivity contribution in [3.05, 3.63) is 52.9 Å². The number of likely N-dealkylation sites (tertiary alicyclic amines) is 1. The molecular formula is C21H25BrN4O3. The molecule has 2 heterocycles. The first kappa shape index (κ1) is 21.1. The molecule has 0 saturated carbocycles. The maximum Gasteiger partial charge on any atom is 0.407 e. The second-order valence-corrected chi connectivity index (χ2v) is 8.40. The SMILES string of the molecule is C=C1CC(c2ncc(-c3ccc(Br)cc3)[nH]2)N(C(=O)C(NC(=O)OC)C(C)C)C1. The summed E-state index contributed by atoms with van der Waals surface area (Å²) in [6.07, 6.45) is 1.78. The molecule has 8 heteroatoms. The number of halogens is 1. The van der Waals surface area contributed by atoms with Gasteiger partial charge in [-0.25, -0.2) is 9.78 Å². The molecule has 1 saturated heterocycles. The molecule has 1 fully saturated rings. The molecule has 0 bridgehead atoms. The molecule has 29 heavy (non-hydrogen) atoms. The predicted molar refractivity (Wildman–Crippen MR) is 114 cm³/mol. The number of hydrogen-bond donors (Lipinski definition) is 2. The van der Waals surface area contributed by atoms with Crippen LogP contribution in [0.5, 0.6) is 0 Å². The lowest BCUT2D eigenvalue weighted by Crippen LogP contribution is -2.51. The van der Waals surface area contributed by atoms with Crippen LogP contribution in [0.15, 0.2) is 47.1 Å².